The van der Waals surface area contributed by atoms with E-state index in [0.29, 0.717) is 0 Å². The normalized spacial score (nSPS) is 15.6. The van der Waals surface area contributed by atoms with Gasteiger partial charge in [0, 0.05) is 12.7 Å². The molecule has 2 nitrogen and oxygen atoms in total. The summed E-state index contributed by atoms with van der Waals surface area (Å²) in [7, 11) is 0. The van der Waals surface area contributed by atoms with Crippen LogP contribution in [0.1, 0.15) is 5.56 Å². The largest absolute Gasteiger partial charge is 0.284 e. The topological polar surface area (TPSA) is 15.3 Å². The van der Waals surface area contributed by atoms with Crippen LogP contribution in [-0.4, -0.2) is 6.54 Å². The molecule has 1 aromatic rings. The Morgan fingerprint density at radius 1 is 1.25 bits per heavy atom. The molecule has 1 heterocycles. The fourth-order valence-corrected chi connectivity index (χ4v) is 1.24. The van der Waals surface area contributed by atoms with Crippen LogP contribution in [-0.2, 0) is 0 Å². The monoisotopic (exact) mass is 160 g/mol. The summed E-state index contributed by atoms with van der Waals surface area (Å²) in [5.41, 5.74) is 5.70. The van der Waals surface area contributed by atoms with Crippen molar-refractivity contribution >= 4 is 5.69 Å². The highest BCUT2D eigenvalue weighted by Crippen LogP contribution is 2.14. The minimum Gasteiger partial charge on any atom is -0.284 e. The van der Waals surface area contributed by atoms with Gasteiger partial charge in [0.2, 0.25) is 0 Å². The van der Waals surface area contributed by atoms with Crippen LogP contribution in [0.2, 0.25) is 0 Å². The average molecular weight is 160 g/mol. The van der Waals surface area contributed by atoms with Gasteiger partial charge in [0.25, 0.3) is 0 Å². The Balaban J connectivity index is 2.23. The lowest BCUT2D eigenvalue weighted by Gasteiger charge is -2.15. The Bertz CT molecular complexity index is 287. The highest BCUT2D eigenvalue weighted by atomic mass is 15.5. The Morgan fingerprint density at radius 3 is 2.58 bits per heavy atom. The first-order chi connectivity index (χ1) is 5.86. The first-order valence-corrected chi connectivity index (χ1v) is 4.12. The number of nitrogens with one attached hydrogen (secondary N) is 1. The van der Waals surface area contributed by atoms with Crippen molar-refractivity contribution < 1.29 is 0 Å². The zero-order valence-electron chi connectivity index (χ0n) is 7.12. The molecule has 0 fully saturated rings. The van der Waals surface area contributed by atoms with Crippen molar-refractivity contribution in [2.75, 3.05) is 11.6 Å². The minimum atomic E-state index is 0.924. The van der Waals surface area contributed by atoms with Crippen LogP contribution < -0.4 is 10.4 Å². The van der Waals surface area contributed by atoms with Crippen LogP contribution in [0.15, 0.2) is 36.5 Å². The van der Waals surface area contributed by atoms with Crippen molar-refractivity contribution in [3.8, 4) is 0 Å². The predicted octanol–water partition coefficient (Wildman–Crippen LogP) is 1.83. The first-order valence-electron chi connectivity index (χ1n) is 4.12. The molecule has 62 valence electrons. The van der Waals surface area contributed by atoms with Crippen molar-refractivity contribution in [1.29, 1.82) is 0 Å². The summed E-state index contributed by atoms with van der Waals surface area (Å²) in [6.45, 7) is 3.02. The lowest BCUT2D eigenvalue weighted by Crippen LogP contribution is -2.27. The van der Waals surface area contributed by atoms with Crippen LogP contribution in [0.3, 0.4) is 0 Å². The second-order valence-electron chi connectivity index (χ2n) is 2.95. The predicted molar refractivity (Wildman–Crippen MR) is 50.8 cm³/mol. The van der Waals surface area contributed by atoms with Gasteiger partial charge in [-0.15, -0.1) is 0 Å². The van der Waals surface area contributed by atoms with E-state index in [1.165, 1.54) is 11.3 Å². The molecule has 0 radical (unpaired) electrons. The van der Waals surface area contributed by atoms with Crippen molar-refractivity contribution in [1.82, 2.24) is 5.43 Å². The van der Waals surface area contributed by atoms with Crippen LogP contribution in [0.25, 0.3) is 0 Å². The van der Waals surface area contributed by atoms with Crippen molar-refractivity contribution in [2.24, 2.45) is 0 Å². The molecule has 0 atom stereocenters. The van der Waals surface area contributed by atoms with E-state index in [-0.39, 0.29) is 0 Å². The van der Waals surface area contributed by atoms with Crippen LogP contribution in [0, 0.1) is 6.92 Å². The van der Waals surface area contributed by atoms with Crippen LogP contribution in [0.5, 0.6) is 0 Å². The Morgan fingerprint density at radius 2 is 2.00 bits per heavy atom. The molecule has 1 N–H and O–H groups in total. The fraction of sp³-hybridized carbons (Fsp3) is 0.200. The first kappa shape index (κ1) is 7.37. The molecule has 2 rings (SSSR count). The number of rotatable bonds is 1. The number of hydrogen-bond acceptors (Lipinski definition) is 2. The third kappa shape index (κ3) is 1.34. The number of aryl methyl sites for hydroxylation is 1. The van der Waals surface area contributed by atoms with Crippen molar-refractivity contribution in [3.05, 3.63) is 42.1 Å². The molecule has 1 aliphatic heterocycles. The van der Waals surface area contributed by atoms with Crippen molar-refractivity contribution in [2.45, 2.75) is 6.92 Å². The summed E-state index contributed by atoms with van der Waals surface area (Å²) in [5.74, 6) is 0. The van der Waals surface area contributed by atoms with Gasteiger partial charge in [-0.25, -0.2) is 5.43 Å². The van der Waals surface area contributed by atoms with Crippen LogP contribution >= 0.6 is 0 Å². The summed E-state index contributed by atoms with van der Waals surface area (Å²) in [6, 6.07) is 8.45. The van der Waals surface area contributed by atoms with Crippen molar-refractivity contribution in [3.63, 3.8) is 0 Å². The molecule has 1 aliphatic rings. The van der Waals surface area contributed by atoms with E-state index in [0.717, 1.165) is 6.54 Å². The molecule has 0 saturated heterocycles. The van der Waals surface area contributed by atoms with Gasteiger partial charge in [0.05, 0.1) is 5.69 Å². The van der Waals surface area contributed by atoms with Gasteiger partial charge >= 0.3 is 0 Å². The number of hydrazine groups is 1. The maximum atomic E-state index is 3.21. The third-order valence-electron chi connectivity index (χ3n) is 1.95. The summed E-state index contributed by atoms with van der Waals surface area (Å²) in [6.07, 6.45) is 4.14. The zero-order chi connectivity index (χ0) is 8.39. The highest BCUT2D eigenvalue weighted by molar-refractivity contribution is 5.49. The second kappa shape index (κ2) is 2.99. The zero-order valence-corrected chi connectivity index (χ0v) is 7.12. The molecule has 0 spiro atoms. The molecular weight excluding hydrogens is 148 g/mol. The second-order valence-corrected chi connectivity index (χ2v) is 2.95. The molecule has 2 heteroatoms. The van der Waals surface area contributed by atoms with E-state index in [4.69, 9.17) is 0 Å². The van der Waals surface area contributed by atoms with Gasteiger partial charge in [-0.2, -0.15) is 0 Å². The third-order valence-corrected chi connectivity index (χ3v) is 1.95. The van der Waals surface area contributed by atoms with E-state index in [1.807, 2.05) is 11.2 Å². The fourth-order valence-electron chi connectivity index (χ4n) is 1.24. The van der Waals surface area contributed by atoms with Gasteiger partial charge in [0.15, 0.2) is 0 Å². The van der Waals surface area contributed by atoms with Gasteiger partial charge < -0.3 is 0 Å². The molecule has 0 aliphatic carbocycles. The van der Waals surface area contributed by atoms with E-state index < -0.39 is 0 Å². The molecule has 0 aromatic heterocycles. The average Bonchev–Trinajstić information content (AvgIpc) is 2.58. The summed E-state index contributed by atoms with van der Waals surface area (Å²) in [4.78, 5) is 0. The van der Waals surface area contributed by atoms with Gasteiger partial charge in [-0.1, -0.05) is 23.8 Å². The lowest BCUT2D eigenvalue weighted by molar-refractivity contribution is 0.814. The van der Waals surface area contributed by atoms with Gasteiger partial charge in [-0.3, -0.25) is 5.01 Å². The van der Waals surface area contributed by atoms with Crippen LogP contribution in [0.4, 0.5) is 5.69 Å². The number of benzene rings is 1. The molecular formula is C10H12N2. The highest BCUT2D eigenvalue weighted by Gasteiger charge is 2.04. The summed E-state index contributed by atoms with van der Waals surface area (Å²) >= 11 is 0. The Hall–Kier alpha value is -1.28. The quantitative estimate of drug-likeness (QED) is 0.674. The molecule has 0 amide bonds. The van der Waals surface area contributed by atoms with E-state index in [1.54, 1.807) is 0 Å². The van der Waals surface area contributed by atoms with Gasteiger partial charge in [0.1, 0.15) is 0 Å². The maximum Gasteiger partial charge on any atom is 0.0570 e. The van der Waals surface area contributed by atoms with E-state index in [2.05, 4.69) is 42.7 Å². The Kier molecular flexibility index (Phi) is 1.84. The van der Waals surface area contributed by atoms with Gasteiger partial charge in [-0.05, 0) is 19.1 Å². The summed E-state index contributed by atoms with van der Waals surface area (Å²) in [5, 5.41) is 2.03. The molecule has 0 saturated carbocycles. The van der Waals surface area contributed by atoms with E-state index >= 15 is 0 Å². The SMILES string of the molecule is Cc1ccc(N2C=CCN2)cc1. The smallest absolute Gasteiger partial charge is 0.0570 e. The molecule has 0 bridgehead atoms. The summed E-state index contributed by atoms with van der Waals surface area (Å²) < 4.78 is 0. The standard InChI is InChI=1S/C10H12N2/c1-9-3-5-10(6-4-9)12-8-2-7-11-12/h2-6,8,11H,7H2,1H3. The molecule has 1 aromatic carbocycles. The number of hydrogen-bond donors (Lipinski definition) is 1. The minimum absolute atomic E-state index is 0.924. The molecule has 12 heavy (non-hydrogen) atoms. The number of anilines is 1. The maximum absolute atomic E-state index is 3.21. The number of nitrogens with zero attached hydrogens (tertiary/aromatic N) is 1. The lowest BCUT2D eigenvalue weighted by atomic mass is 10.2. The molecule has 0 unspecified atom stereocenters. The Labute approximate surface area is 72.5 Å². The van der Waals surface area contributed by atoms with E-state index in [9.17, 15) is 0 Å².